The lowest BCUT2D eigenvalue weighted by Crippen LogP contribution is -2.28. The number of hydrogen-bond donors (Lipinski definition) is 0. The average molecular weight is 827 g/mol. The van der Waals surface area contributed by atoms with Crippen molar-refractivity contribution in [2.75, 3.05) is 4.90 Å². The van der Waals surface area contributed by atoms with Gasteiger partial charge < -0.3 is 9.80 Å². The number of fused-ring (bicyclic) bond motifs is 4. The molecule has 2 nitrogen and oxygen atoms in total. The highest BCUT2D eigenvalue weighted by atomic mass is 15.2. The van der Waals surface area contributed by atoms with Crippen molar-refractivity contribution in [1.82, 2.24) is 4.90 Å². The summed E-state index contributed by atoms with van der Waals surface area (Å²) in [4.78, 5) is 5.09. The third-order valence-electron chi connectivity index (χ3n) is 12.4. The minimum Gasteiger partial charge on any atom is -0.334 e. The predicted octanol–water partition coefficient (Wildman–Crippen LogP) is 17.4. The Bertz CT molecular complexity index is 2620. The van der Waals surface area contributed by atoms with Crippen LogP contribution in [0.25, 0.3) is 22.4 Å². The van der Waals surface area contributed by atoms with Crippen LogP contribution in [0.1, 0.15) is 106 Å². The molecule has 3 aliphatic rings. The van der Waals surface area contributed by atoms with Gasteiger partial charge in [-0.25, -0.2) is 0 Å². The van der Waals surface area contributed by atoms with E-state index in [-0.39, 0.29) is 12.0 Å². The van der Waals surface area contributed by atoms with Gasteiger partial charge in [0.25, 0.3) is 0 Å². The van der Waals surface area contributed by atoms with Crippen LogP contribution in [0.4, 0.5) is 17.1 Å². The van der Waals surface area contributed by atoms with Gasteiger partial charge in [-0.05, 0) is 134 Å². The summed E-state index contributed by atoms with van der Waals surface area (Å²) in [5, 5.41) is 2.54. The predicted molar refractivity (Wildman–Crippen MR) is 276 cm³/mol. The van der Waals surface area contributed by atoms with Crippen molar-refractivity contribution in [2.24, 2.45) is 11.8 Å². The molecule has 3 aliphatic carbocycles. The summed E-state index contributed by atoms with van der Waals surface area (Å²) in [6.45, 7) is 21.5. The Balaban J connectivity index is 0.00000293. The molecule has 0 saturated carbocycles. The Morgan fingerprint density at radius 2 is 1.41 bits per heavy atom. The second-order valence-electron chi connectivity index (χ2n) is 16.8. The van der Waals surface area contributed by atoms with Gasteiger partial charge in [0, 0.05) is 39.6 Å². The first kappa shape index (κ1) is 44.7. The van der Waals surface area contributed by atoms with Crippen LogP contribution in [-0.4, -0.2) is 4.90 Å². The quantitative estimate of drug-likeness (QED) is 0.116. The van der Waals surface area contributed by atoms with E-state index in [4.69, 9.17) is 0 Å². The highest BCUT2D eigenvalue weighted by Crippen LogP contribution is 2.53. The highest BCUT2D eigenvalue weighted by Gasteiger charge is 2.37. The van der Waals surface area contributed by atoms with E-state index < -0.39 is 0 Å². The van der Waals surface area contributed by atoms with Crippen molar-refractivity contribution in [2.45, 2.75) is 87.1 Å². The Labute approximate surface area is 379 Å². The second-order valence-corrected chi connectivity index (χ2v) is 16.8. The Morgan fingerprint density at radius 1 is 0.746 bits per heavy atom. The van der Waals surface area contributed by atoms with Gasteiger partial charge in [0.15, 0.2) is 0 Å². The molecule has 0 heterocycles. The van der Waals surface area contributed by atoms with Gasteiger partial charge in [0.05, 0.1) is 11.7 Å². The van der Waals surface area contributed by atoms with E-state index in [2.05, 4.69) is 228 Å². The average Bonchev–Trinajstić information content (AvgIpc) is 3.45. The molecular weight excluding hydrogens is 761 g/mol. The molecule has 3 unspecified atom stereocenters. The molecule has 0 aliphatic heterocycles. The van der Waals surface area contributed by atoms with Gasteiger partial charge in [-0.15, -0.1) is 0 Å². The lowest BCUT2D eigenvalue weighted by atomic mass is 9.76. The Hall–Kier alpha value is -6.38. The van der Waals surface area contributed by atoms with E-state index in [0.29, 0.717) is 5.92 Å². The van der Waals surface area contributed by atoms with Crippen LogP contribution in [0.5, 0.6) is 0 Å². The minimum absolute atomic E-state index is 0.0466. The van der Waals surface area contributed by atoms with E-state index >= 15 is 0 Å². The van der Waals surface area contributed by atoms with Crippen molar-refractivity contribution >= 4 is 39.5 Å². The van der Waals surface area contributed by atoms with E-state index in [1.54, 1.807) is 0 Å². The van der Waals surface area contributed by atoms with Crippen LogP contribution >= 0.6 is 0 Å². The summed E-state index contributed by atoms with van der Waals surface area (Å²) in [5.41, 5.74) is 17.9. The maximum absolute atomic E-state index is 4.19. The van der Waals surface area contributed by atoms with Gasteiger partial charge in [0.1, 0.15) is 0 Å². The summed E-state index contributed by atoms with van der Waals surface area (Å²) < 4.78 is 0. The standard InChI is InChI=1S/C59H60N2.C2H6/c1-8-12-23-46(21-11-4)60(45(19-9-2)20-10-3)56-40-44-22-13-14-24-49(44)57(51-26-16-15-25-50(51)56)58-52-27-17-18-28-53(52)59(54-38-33-43(7)39-55(54)58)61(47-34-29-41(5)30-35-47)48-36-31-42(6)32-37-48;1-2/h9-10,12-38,43-44,56H,2,8,11,39-40H2,1,3-7H3;1-2H3/b20-10-,23-12-,45-19+,46-21+;. The summed E-state index contributed by atoms with van der Waals surface area (Å²) in [5.74, 6) is 0.579. The monoisotopic (exact) mass is 827 g/mol. The first-order chi connectivity index (χ1) is 30.9. The van der Waals surface area contributed by atoms with Crippen molar-refractivity contribution in [3.63, 3.8) is 0 Å². The molecule has 8 rings (SSSR count). The molecule has 0 fully saturated rings. The van der Waals surface area contributed by atoms with Gasteiger partial charge in [-0.3, -0.25) is 0 Å². The number of anilines is 3. The molecule has 0 bridgehead atoms. The number of allylic oxidation sites excluding steroid dienone is 13. The molecule has 2 heteroatoms. The largest absolute Gasteiger partial charge is 0.334 e. The van der Waals surface area contributed by atoms with E-state index in [1.165, 1.54) is 72.2 Å². The summed E-state index contributed by atoms with van der Waals surface area (Å²) >= 11 is 0. The molecule has 0 amide bonds. The fourth-order valence-electron chi connectivity index (χ4n) is 9.69. The van der Waals surface area contributed by atoms with Gasteiger partial charge in [-0.2, -0.15) is 0 Å². The molecule has 320 valence electrons. The van der Waals surface area contributed by atoms with Gasteiger partial charge >= 0.3 is 0 Å². The van der Waals surface area contributed by atoms with E-state index in [1.807, 2.05) is 19.9 Å². The topological polar surface area (TPSA) is 6.48 Å². The Morgan fingerprint density at radius 3 is 2.06 bits per heavy atom. The summed E-state index contributed by atoms with van der Waals surface area (Å²) in [6.07, 6.45) is 33.5. The smallest absolute Gasteiger partial charge is 0.0615 e. The van der Waals surface area contributed by atoms with Gasteiger partial charge in [-0.1, -0.05) is 186 Å². The van der Waals surface area contributed by atoms with Crippen molar-refractivity contribution in [1.29, 1.82) is 0 Å². The maximum atomic E-state index is 4.19. The van der Waals surface area contributed by atoms with E-state index in [9.17, 15) is 0 Å². The van der Waals surface area contributed by atoms with Gasteiger partial charge in [0.2, 0.25) is 0 Å². The van der Waals surface area contributed by atoms with Crippen LogP contribution in [0, 0.1) is 25.7 Å². The lowest BCUT2D eigenvalue weighted by Gasteiger charge is -2.37. The summed E-state index contributed by atoms with van der Waals surface area (Å²) in [7, 11) is 0. The zero-order valence-electron chi connectivity index (χ0n) is 38.9. The lowest BCUT2D eigenvalue weighted by molar-refractivity contribution is 0.303. The summed E-state index contributed by atoms with van der Waals surface area (Å²) in [6, 6.07) is 36.6. The highest BCUT2D eigenvalue weighted by molar-refractivity contribution is 6.11. The van der Waals surface area contributed by atoms with Crippen LogP contribution in [-0.2, 0) is 6.42 Å². The number of benzene rings is 5. The second kappa shape index (κ2) is 20.7. The Kier molecular flexibility index (Phi) is 14.6. The molecule has 5 aromatic carbocycles. The van der Waals surface area contributed by atoms with Crippen LogP contribution < -0.4 is 4.90 Å². The molecule has 0 N–H and O–H groups in total. The first-order valence-electron chi connectivity index (χ1n) is 23.4. The van der Waals surface area contributed by atoms with Crippen molar-refractivity contribution < 1.29 is 0 Å². The molecule has 0 aromatic heterocycles. The zero-order valence-corrected chi connectivity index (χ0v) is 38.9. The normalized spacial score (nSPS) is 18.2. The third kappa shape index (κ3) is 9.09. The fraction of sp³-hybridized carbons (Fsp3) is 0.246. The number of aryl methyl sites for hydroxylation is 2. The molecule has 0 spiro atoms. The third-order valence-corrected chi connectivity index (χ3v) is 12.4. The molecule has 63 heavy (non-hydrogen) atoms. The van der Waals surface area contributed by atoms with Crippen molar-refractivity contribution in [3.05, 3.63) is 232 Å². The minimum atomic E-state index is 0.0466. The first-order valence-corrected chi connectivity index (χ1v) is 23.4. The zero-order chi connectivity index (χ0) is 44.5. The fourth-order valence-corrected chi connectivity index (χ4v) is 9.69. The molecular formula is C61H66N2. The molecule has 3 atom stereocenters. The van der Waals surface area contributed by atoms with Crippen LogP contribution in [0.3, 0.4) is 0 Å². The SMILES string of the molecule is C=C/C=C(\C=C/C)N(C(/C=C\CC)=C/CC)C1CC2C=CC=CC2=C(c2c3c(c(N(c4ccc(C)cc4)c4ccc(C)cc4)c4ccccc24)C=CC(C)C3)c2ccccc21.CC. The van der Waals surface area contributed by atoms with E-state index in [0.717, 1.165) is 42.8 Å². The molecule has 5 aromatic rings. The van der Waals surface area contributed by atoms with Crippen molar-refractivity contribution in [3.8, 4) is 0 Å². The number of rotatable bonds is 12. The number of nitrogens with zero attached hydrogens (tertiary/aromatic N) is 2. The van der Waals surface area contributed by atoms with Crippen LogP contribution in [0.15, 0.2) is 194 Å². The molecule has 0 radical (unpaired) electrons. The number of hydrogen-bond acceptors (Lipinski definition) is 2. The maximum Gasteiger partial charge on any atom is 0.0615 e. The molecule has 0 saturated heterocycles. The van der Waals surface area contributed by atoms with Crippen LogP contribution in [0.2, 0.25) is 0 Å².